The predicted octanol–water partition coefficient (Wildman–Crippen LogP) is 2.40. The van der Waals surface area contributed by atoms with Gasteiger partial charge in [-0.3, -0.25) is 0 Å². The van der Waals surface area contributed by atoms with E-state index in [1.807, 2.05) is 30.5 Å². The van der Waals surface area contributed by atoms with Crippen molar-refractivity contribution < 1.29 is 8.42 Å². The summed E-state index contributed by atoms with van der Waals surface area (Å²) in [6.45, 7) is 1.98. The van der Waals surface area contributed by atoms with E-state index in [0.717, 1.165) is 17.9 Å². The molecule has 1 aromatic rings. The minimum absolute atomic E-state index is 0.329. The van der Waals surface area contributed by atoms with Crippen molar-refractivity contribution in [1.82, 2.24) is 9.21 Å². The van der Waals surface area contributed by atoms with Crippen LogP contribution < -0.4 is 0 Å². The smallest absolute Gasteiger partial charge is 0.218 e. The summed E-state index contributed by atoms with van der Waals surface area (Å²) in [4.78, 5) is 1.53. The largest absolute Gasteiger partial charge is 0.309 e. The minimum Gasteiger partial charge on any atom is -0.309 e. The lowest BCUT2D eigenvalue weighted by atomic mass is 9.90. The molecular formula is C16H20ClN3O2S. The van der Waals surface area contributed by atoms with Crippen molar-refractivity contribution in [3.63, 3.8) is 0 Å². The molecule has 7 heteroatoms. The molecular weight excluding hydrogens is 334 g/mol. The Hall–Kier alpha value is -1.29. The van der Waals surface area contributed by atoms with E-state index in [1.165, 1.54) is 10.5 Å². The van der Waals surface area contributed by atoms with E-state index in [4.69, 9.17) is 16.9 Å². The molecule has 0 spiro atoms. The van der Waals surface area contributed by atoms with Gasteiger partial charge in [-0.15, -0.1) is 0 Å². The van der Waals surface area contributed by atoms with Gasteiger partial charge in [0.15, 0.2) is 6.19 Å². The summed E-state index contributed by atoms with van der Waals surface area (Å²) in [5, 5.41) is 9.18. The third kappa shape index (κ3) is 3.47. The van der Waals surface area contributed by atoms with Gasteiger partial charge in [-0.2, -0.15) is 5.26 Å². The van der Waals surface area contributed by atoms with Crippen molar-refractivity contribution >= 4 is 21.6 Å². The molecule has 0 N–H and O–H groups in total. The summed E-state index contributed by atoms with van der Waals surface area (Å²) in [6.07, 6.45) is 4.25. The maximum atomic E-state index is 12.7. The van der Waals surface area contributed by atoms with Gasteiger partial charge < -0.3 is 4.90 Å². The zero-order chi connectivity index (χ0) is 16.4. The van der Waals surface area contributed by atoms with Crippen LogP contribution in [0.2, 0.25) is 5.02 Å². The Morgan fingerprint density at radius 1 is 1.09 bits per heavy atom. The highest BCUT2D eigenvalue weighted by atomic mass is 35.5. The molecule has 2 fully saturated rings. The van der Waals surface area contributed by atoms with Crippen LogP contribution in [0, 0.1) is 11.5 Å². The van der Waals surface area contributed by atoms with Gasteiger partial charge >= 0.3 is 0 Å². The Morgan fingerprint density at radius 3 is 2.30 bits per heavy atom. The predicted molar refractivity (Wildman–Crippen MR) is 89.5 cm³/mol. The molecule has 2 heterocycles. The van der Waals surface area contributed by atoms with E-state index in [9.17, 15) is 8.42 Å². The monoisotopic (exact) mass is 353 g/mol. The van der Waals surface area contributed by atoms with E-state index in [2.05, 4.69) is 0 Å². The topological polar surface area (TPSA) is 64.4 Å². The average molecular weight is 354 g/mol. The van der Waals surface area contributed by atoms with Crippen LogP contribution >= 0.6 is 11.6 Å². The zero-order valence-corrected chi connectivity index (χ0v) is 14.4. The number of halogens is 1. The Bertz CT molecular complexity index is 691. The lowest BCUT2D eigenvalue weighted by molar-refractivity contribution is 0.316. The van der Waals surface area contributed by atoms with Gasteiger partial charge in [-0.05, 0) is 42.9 Å². The van der Waals surface area contributed by atoms with Gasteiger partial charge in [0.2, 0.25) is 10.0 Å². The molecule has 2 saturated heterocycles. The van der Waals surface area contributed by atoms with Crippen LogP contribution in [-0.2, 0) is 10.0 Å². The number of rotatable bonds is 3. The number of piperidine rings is 1. The molecule has 1 aromatic carbocycles. The molecule has 2 aliphatic heterocycles. The molecule has 0 radical (unpaired) electrons. The van der Waals surface area contributed by atoms with E-state index in [-0.39, 0.29) is 0 Å². The second-order valence-corrected chi connectivity index (χ2v) is 8.88. The van der Waals surface area contributed by atoms with Crippen LogP contribution in [0.15, 0.2) is 24.3 Å². The number of sulfonamides is 1. The first-order valence-corrected chi connectivity index (χ1v) is 9.78. The maximum Gasteiger partial charge on any atom is 0.218 e. The van der Waals surface area contributed by atoms with Gasteiger partial charge in [0.1, 0.15) is 0 Å². The number of hydrogen-bond acceptors (Lipinski definition) is 4. The average Bonchev–Trinajstić information content (AvgIpc) is 3.06. The highest BCUT2D eigenvalue weighted by Gasteiger charge is 2.38. The number of benzene rings is 1. The summed E-state index contributed by atoms with van der Waals surface area (Å²) in [7, 11) is -3.30. The molecule has 5 nitrogen and oxygen atoms in total. The third-order valence-corrected chi connectivity index (χ3v) is 7.43. The SMILES string of the molecule is N#CN1CC[C@H](S(=O)(=O)N2CCC(c3ccc(Cl)cc3)CC2)C1. The molecule has 0 saturated carbocycles. The van der Waals surface area contributed by atoms with Crippen molar-refractivity contribution in [2.24, 2.45) is 0 Å². The summed E-state index contributed by atoms with van der Waals surface area (Å²) in [5.74, 6) is 0.387. The molecule has 2 aliphatic rings. The van der Waals surface area contributed by atoms with Crippen LogP contribution in [0.3, 0.4) is 0 Å². The van der Waals surface area contributed by atoms with Gasteiger partial charge in [-0.25, -0.2) is 12.7 Å². The summed E-state index contributed by atoms with van der Waals surface area (Å²) in [6, 6.07) is 7.82. The van der Waals surface area contributed by atoms with Gasteiger partial charge in [0.25, 0.3) is 0 Å². The second kappa shape index (κ2) is 6.68. The Balaban J connectivity index is 1.62. The molecule has 0 aliphatic carbocycles. The lowest BCUT2D eigenvalue weighted by Gasteiger charge is -2.33. The van der Waals surface area contributed by atoms with Crippen LogP contribution in [0.25, 0.3) is 0 Å². The van der Waals surface area contributed by atoms with Crippen molar-refractivity contribution in [3.05, 3.63) is 34.9 Å². The molecule has 0 aromatic heterocycles. The maximum absolute atomic E-state index is 12.7. The molecule has 1 atom stereocenters. The highest BCUT2D eigenvalue weighted by molar-refractivity contribution is 7.89. The Kier molecular flexibility index (Phi) is 4.81. The number of nitrogens with zero attached hydrogens (tertiary/aromatic N) is 3. The quantitative estimate of drug-likeness (QED) is 0.783. The van der Waals surface area contributed by atoms with E-state index in [0.29, 0.717) is 38.5 Å². The minimum atomic E-state index is -3.30. The summed E-state index contributed by atoms with van der Waals surface area (Å²) >= 11 is 5.92. The van der Waals surface area contributed by atoms with Crippen molar-refractivity contribution in [2.45, 2.75) is 30.4 Å². The summed E-state index contributed by atoms with van der Waals surface area (Å²) < 4.78 is 27.0. The van der Waals surface area contributed by atoms with Gasteiger partial charge in [0, 0.05) is 31.2 Å². The fourth-order valence-corrected chi connectivity index (χ4v) is 5.49. The first kappa shape index (κ1) is 16.6. The first-order chi connectivity index (χ1) is 11.0. The van der Waals surface area contributed by atoms with Gasteiger partial charge in [-0.1, -0.05) is 23.7 Å². The second-order valence-electron chi connectivity index (χ2n) is 6.23. The standard InChI is InChI=1S/C16H20ClN3O2S/c17-15-3-1-13(2-4-15)14-5-9-20(10-6-14)23(21,22)16-7-8-19(11-16)12-18/h1-4,14,16H,5-11H2/t16-/m0/s1. The van der Waals surface area contributed by atoms with Crippen LogP contribution in [-0.4, -0.2) is 49.1 Å². The van der Waals surface area contributed by atoms with Crippen molar-refractivity contribution in [3.8, 4) is 6.19 Å². The number of likely N-dealkylation sites (tertiary alicyclic amines) is 1. The van der Waals surface area contributed by atoms with E-state index < -0.39 is 15.3 Å². The number of hydrogen-bond donors (Lipinski definition) is 0. The number of nitriles is 1. The molecule has 0 bridgehead atoms. The van der Waals surface area contributed by atoms with Crippen LogP contribution in [0.5, 0.6) is 0 Å². The fourth-order valence-electron chi connectivity index (χ4n) is 3.45. The van der Waals surface area contributed by atoms with Crippen molar-refractivity contribution in [2.75, 3.05) is 26.2 Å². The molecule has 0 amide bonds. The highest BCUT2D eigenvalue weighted by Crippen LogP contribution is 2.31. The fraction of sp³-hybridized carbons (Fsp3) is 0.562. The molecule has 0 unspecified atom stereocenters. The van der Waals surface area contributed by atoms with Gasteiger partial charge in [0.05, 0.1) is 5.25 Å². The first-order valence-electron chi connectivity index (χ1n) is 7.90. The molecule has 3 rings (SSSR count). The molecule has 124 valence electrons. The van der Waals surface area contributed by atoms with Crippen LogP contribution in [0.4, 0.5) is 0 Å². The lowest BCUT2D eigenvalue weighted by Crippen LogP contribution is -2.43. The zero-order valence-electron chi connectivity index (χ0n) is 12.9. The Morgan fingerprint density at radius 2 is 1.74 bits per heavy atom. The van der Waals surface area contributed by atoms with Crippen molar-refractivity contribution in [1.29, 1.82) is 5.26 Å². The Labute approximate surface area is 142 Å². The van der Waals surface area contributed by atoms with Crippen LogP contribution in [0.1, 0.15) is 30.7 Å². The summed E-state index contributed by atoms with van der Waals surface area (Å²) in [5.41, 5.74) is 1.22. The van der Waals surface area contributed by atoms with E-state index in [1.54, 1.807) is 4.31 Å². The molecule has 23 heavy (non-hydrogen) atoms. The normalized spacial score (nSPS) is 23.8. The van der Waals surface area contributed by atoms with E-state index >= 15 is 0 Å². The third-order valence-electron chi connectivity index (χ3n) is 4.86.